The van der Waals surface area contributed by atoms with Crippen molar-refractivity contribution in [1.29, 1.82) is 0 Å². The van der Waals surface area contributed by atoms with Crippen molar-refractivity contribution in [3.8, 4) is 22.3 Å². The molecular formula is C20H17N3. The van der Waals surface area contributed by atoms with E-state index in [4.69, 9.17) is 5.73 Å². The first-order valence-corrected chi connectivity index (χ1v) is 7.61. The number of nitrogen functional groups attached to an aromatic ring is 1. The molecule has 0 amide bonds. The quantitative estimate of drug-likeness (QED) is 0.523. The Balaban J connectivity index is 1.90. The molecule has 0 bridgehead atoms. The average Bonchev–Trinajstić information content (AvgIpc) is 2.98. The molecule has 0 saturated heterocycles. The predicted octanol–water partition coefficient (Wildman–Crippen LogP) is 4.79. The number of benzene rings is 2. The van der Waals surface area contributed by atoms with E-state index in [0.717, 1.165) is 27.8 Å². The number of fused-ring (bicyclic) bond motifs is 1. The third kappa shape index (κ3) is 2.46. The highest BCUT2D eigenvalue weighted by molar-refractivity contribution is 5.96. The van der Waals surface area contributed by atoms with Gasteiger partial charge in [0.05, 0.1) is 0 Å². The Kier molecular flexibility index (Phi) is 3.12. The highest BCUT2D eigenvalue weighted by Gasteiger charge is 2.09. The minimum atomic E-state index is 0.760. The number of pyridine rings is 1. The summed E-state index contributed by atoms with van der Waals surface area (Å²) in [5, 5.41) is 1.12. The second kappa shape index (κ2) is 5.29. The van der Waals surface area contributed by atoms with Gasteiger partial charge in [-0.3, -0.25) is 0 Å². The van der Waals surface area contributed by atoms with Crippen LogP contribution in [0.3, 0.4) is 0 Å². The minimum Gasteiger partial charge on any atom is -0.399 e. The summed E-state index contributed by atoms with van der Waals surface area (Å²) in [4.78, 5) is 7.82. The number of nitrogens with one attached hydrogen (secondary N) is 1. The first-order chi connectivity index (χ1) is 11.2. The highest BCUT2D eigenvalue weighted by atomic mass is 14.8. The topological polar surface area (TPSA) is 54.7 Å². The van der Waals surface area contributed by atoms with Crippen molar-refractivity contribution in [3.05, 3.63) is 72.6 Å². The van der Waals surface area contributed by atoms with Crippen molar-refractivity contribution >= 4 is 16.7 Å². The molecule has 0 saturated carbocycles. The summed E-state index contributed by atoms with van der Waals surface area (Å²) in [5.74, 6) is 0. The normalized spacial score (nSPS) is 11.0. The lowest BCUT2D eigenvalue weighted by Crippen LogP contribution is -1.86. The Morgan fingerprint density at radius 3 is 2.57 bits per heavy atom. The van der Waals surface area contributed by atoms with Gasteiger partial charge in [-0.25, -0.2) is 4.98 Å². The molecule has 112 valence electrons. The third-order valence-electron chi connectivity index (χ3n) is 4.08. The molecule has 0 aliphatic carbocycles. The molecule has 23 heavy (non-hydrogen) atoms. The van der Waals surface area contributed by atoms with Crippen LogP contribution in [0.25, 0.3) is 33.3 Å². The average molecular weight is 299 g/mol. The van der Waals surface area contributed by atoms with E-state index in [1.54, 1.807) is 0 Å². The predicted molar refractivity (Wildman–Crippen MR) is 96.1 cm³/mol. The Labute approximate surface area is 134 Å². The van der Waals surface area contributed by atoms with Crippen LogP contribution >= 0.6 is 0 Å². The van der Waals surface area contributed by atoms with Crippen LogP contribution in [-0.4, -0.2) is 9.97 Å². The van der Waals surface area contributed by atoms with Gasteiger partial charge in [0.25, 0.3) is 0 Å². The molecule has 0 aliphatic heterocycles. The zero-order valence-corrected chi connectivity index (χ0v) is 12.9. The summed E-state index contributed by atoms with van der Waals surface area (Å²) in [7, 11) is 0. The van der Waals surface area contributed by atoms with Crippen LogP contribution in [0.15, 0.2) is 67.0 Å². The van der Waals surface area contributed by atoms with E-state index in [1.165, 1.54) is 16.7 Å². The molecule has 4 aromatic rings. The van der Waals surface area contributed by atoms with Crippen molar-refractivity contribution in [2.45, 2.75) is 6.92 Å². The number of hydrogen-bond donors (Lipinski definition) is 2. The smallest absolute Gasteiger partial charge is 0.137 e. The third-order valence-corrected chi connectivity index (χ3v) is 4.08. The van der Waals surface area contributed by atoms with Gasteiger partial charge >= 0.3 is 0 Å². The van der Waals surface area contributed by atoms with E-state index in [0.29, 0.717) is 0 Å². The Morgan fingerprint density at radius 2 is 1.74 bits per heavy atom. The van der Waals surface area contributed by atoms with Gasteiger partial charge in [0.1, 0.15) is 5.65 Å². The molecule has 2 aromatic carbocycles. The highest BCUT2D eigenvalue weighted by Crippen LogP contribution is 2.31. The number of H-pyrrole nitrogens is 1. The van der Waals surface area contributed by atoms with Gasteiger partial charge < -0.3 is 10.7 Å². The molecular weight excluding hydrogens is 282 g/mol. The van der Waals surface area contributed by atoms with Gasteiger partial charge in [0.15, 0.2) is 0 Å². The zero-order chi connectivity index (χ0) is 15.8. The lowest BCUT2D eigenvalue weighted by Gasteiger charge is -2.05. The number of nitrogens with two attached hydrogens (primary N) is 1. The van der Waals surface area contributed by atoms with Crippen molar-refractivity contribution in [1.82, 2.24) is 9.97 Å². The van der Waals surface area contributed by atoms with Crippen LogP contribution in [0.4, 0.5) is 5.69 Å². The van der Waals surface area contributed by atoms with Gasteiger partial charge in [-0.1, -0.05) is 42.0 Å². The Hall–Kier alpha value is -3.07. The van der Waals surface area contributed by atoms with Gasteiger partial charge in [-0.15, -0.1) is 0 Å². The fourth-order valence-electron chi connectivity index (χ4n) is 2.93. The number of rotatable bonds is 2. The summed E-state index contributed by atoms with van der Waals surface area (Å²) >= 11 is 0. The van der Waals surface area contributed by atoms with Crippen LogP contribution in [-0.2, 0) is 0 Å². The lowest BCUT2D eigenvalue weighted by atomic mass is 10.0. The number of aromatic nitrogens is 2. The van der Waals surface area contributed by atoms with E-state index in [-0.39, 0.29) is 0 Å². The zero-order valence-electron chi connectivity index (χ0n) is 12.9. The second-order valence-corrected chi connectivity index (χ2v) is 5.82. The molecule has 3 heteroatoms. The molecule has 2 heterocycles. The first-order valence-electron chi connectivity index (χ1n) is 7.61. The van der Waals surface area contributed by atoms with Crippen molar-refractivity contribution in [2.75, 3.05) is 5.73 Å². The lowest BCUT2D eigenvalue weighted by molar-refractivity contribution is 1.32. The molecule has 3 nitrogen and oxygen atoms in total. The molecule has 0 fully saturated rings. The van der Waals surface area contributed by atoms with E-state index in [1.807, 2.05) is 30.6 Å². The minimum absolute atomic E-state index is 0.760. The maximum absolute atomic E-state index is 5.90. The van der Waals surface area contributed by atoms with E-state index in [2.05, 4.69) is 53.3 Å². The van der Waals surface area contributed by atoms with Crippen molar-refractivity contribution in [3.63, 3.8) is 0 Å². The molecule has 0 unspecified atom stereocenters. The second-order valence-electron chi connectivity index (χ2n) is 5.82. The summed E-state index contributed by atoms with van der Waals surface area (Å²) in [5.41, 5.74) is 13.3. The molecule has 4 rings (SSSR count). The van der Waals surface area contributed by atoms with Gasteiger partial charge in [0, 0.05) is 34.6 Å². The van der Waals surface area contributed by atoms with Crippen LogP contribution < -0.4 is 5.73 Å². The summed E-state index contributed by atoms with van der Waals surface area (Å²) in [6, 6.07) is 18.6. The van der Waals surface area contributed by atoms with Crippen molar-refractivity contribution < 1.29 is 0 Å². The van der Waals surface area contributed by atoms with E-state index >= 15 is 0 Å². The van der Waals surface area contributed by atoms with Crippen LogP contribution in [0.1, 0.15) is 5.56 Å². The summed E-state index contributed by atoms with van der Waals surface area (Å²) in [6.45, 7) is 2.11. The van der Waals surface area contributed by atoms with Gasteiger partial charge in [-0.05, 0) is 36.2 Å². The van der Waals surface area contributed by atoms with Crippen LogP contribution in [0, 0.1) is 6.92 Å². The monoisotopic (exact) mass is 299 g/mol. The fourth-order valence-corrected chi connectivity index (χ4v) is 2.93. The maximum atomic E-state index is 5.90. The molecule has 0 spiro atoms. The molecule has 0 atom stereocenters. The maximum Gasteiger partial charge on any atom is 0.137 e. The number of nitrogens with zero attached hydrogens (tertiary/aromatic N) is 1. The molecule has 0 aliphatic rings. The van der Waals surface area contributed by atoms with Crippen LogP contribution in [0.2, 0.25) is 0 Å². The number of anilines is 1. The van der Waals surface area contributed by atoms with Crippen LogP contribution in [0.5, 0.6) is 0 Å². The fraction of sp³-hybridized carbons (Fsp3) is 0.0500. The summed E-state index contributed by atoms with van der Waals surface area (Å²) in [6.07, 6.45) is 3.91. The number of hydrogen-bond acceptors (Lipinski definition) is 2. The van der Waals surface area contributed by atoms with Gasteiger partial charge in [0.2, 0.25) is 0 Å². The first kappa shape index (κ1) is 13.6. The van der Waals surface area contributed by atoms with E-state index < -0.39 is 0 Å². The Bertz CT molecular complexity index is 999. The van der Waals surface area contributed by atoms with E-state index in [9.17, 15) is 0 Å². The standard InChI is InChI=1S/C20H17N3/c1-13-4-2-6-15(8-13)19-12-23-20-18(19)10-16(11-22-20)14-5-3-7-17(21)9-14/h2-12H,21H2,1H3,(H,22,23). The Morgan fingerprint density at radius 1 is 0.913 bits per heavy atom. The molecule has 2 aromatic heterocycles. The molecule has 3 N–H and O–H groups in total. The largest absolute Gasteiger partial charge is 0.399 e. The summed E-state index contributed by atoms with van der Waals surface area (Å²) < 4.78 is 0. The van der Waals surface area contributed by atoms with Gasteiger partial charge in [-0.2, -0.15) is 0 Å². The van der Waals surface area contributed by atoms with Crippen molar-refractivity contribution in [2.24, 2.45) is 0 Å². The number of aryl methyl sites for hydroxylation is 1. The molecule has 0 radical (unpaired) electrons. The SMILES string of the molecule is Cc1cccc(-c2c[nH]c3ncc(-c4cccc(N)c4)cc23)c1. The number of aromatic amines is 1.